The van der Waals surface area contributed by atoms with Gasteiger partial charge in [-0.15, -0.1) is 0 Å². The number of hydrogen-bond donors (Lipinski definition) is 3. The number of benzene rings is 1. The van der Waals surface area contributed by atoms with Crippen LogP contribution in [-0.2, 0) is 4.79 Å². The van der Waals surface area contributed by atoms with Gasteiger partial charge in [0.25, 0.3) is 0 Å². The number of para-hydroxylation sites is 2. The second kappa shape index (κ2) is 8.74. The molecule has 1 aromatic rings. The van der Waals surface area contributed by atoms with Gasteiger partial charge in [0.2, 0.25) is 0 Å². The highest BCUT2D eigenvalue weighted by Gasteiger charge is 2.22. The zero-order chi connectivity index (χ0) is 18.3. The number of nitrogens with zero attached hydrogens (tertiary/aromatic N) is 1. The van der Waals surface area contributed by atoms with Gasteiger partial charge in [-0.1, -0.05) is 25.0 Å². The van der Waals surface area contributed by atoms with E-state index in [0.717, 1.165) is 24.5 Å². The van der Waals surface area contributed by atoms with Crippen LogP contribution in [0.5, 0.6) is 0 Å². The Labute approximate surface area is 149 Å². The van der Waals surface area contributed by atoms with E-state index in [4.69, 9.17) is 5.11 Å². The van der Waals surface area contributed by atoms with E-state index < -0.39 is 11.5 Å². The van der Waals surface area contributed by atoms with Crippen molar-refractivity contribution in [2.24, 2.45) is 0 Å². The minimum absolute atomic E-state index is 0.0254. The van der Waals surface area contributed by atoms with E-state index in [-0.39, 0.29) is 12.5 Å². The first kappa shape index (κ1) is 19.1. The van der Waals surface area contributed by atoms with Gasteiger partial charge in [0.15, 0.2) is 0 Å². The van der Waals surface area contributed by atoms with E-state index in [9.17, 15) is 9.59 Å². The molecular formula is C19H29N3O3. The van der Waals surface area contributed by atoms with Crippen LogP contribution in [0.3, 0.4) is 0 Å². The van der Waals surface area contributed by atoms with E-state index in [2.05, 4.69) is 15.5 Å². The fourth-order valence-corrected chi connectivity index (χ4v) is 3.11. The first-order valence-corrected chi connectivity index (χ1v) is 9.02. The second-order valence-corrected chi connectivity index (χ2v) is 7.28. The zero-order valence-electron chi connectivity index (χ0n) is 15.2. The minimum Gasteiger partial charge on any atom is -0.481 e. The Bertz CT molecular complexity index is 593. The van der Waals surface area contributed by atoms with Crippen molar-refractivity contribution in [3.05, 3.63) is 24.3 Å². The summed E-state index contributed by atoms with van der Waals surface area (Å²) in [5.74, 6) is -0.859. The summed E-state index contributed by atoms with van der Waals surface area (Å²) >= 11 is 0. The van der Waals surface area contributed by atoms with Gasteiger partial charge < -0.3 is 20.6 Å². The number of amides is 2. The Hall–Kier alpha value is -2.24. The smallest absolute Gasteiger partial charge is 0.319 e. The van der Waals surface area contributed by atoms with Crippen molar-refractivity contribution in [3.8, 4) is 0 Å². The molecule has 138 valence electrons. The largest absolute Gasteiger partial charge is 0.481 e. The molecule has 0 atom stereocenters. The van der Waals surface area contributed by atoms with Gasteiger partial charge in [0.1, 0.15) is 0 Å². The summed E-state index contributed by atoms with van der Waals surface area (Å²) < 4.78 is 0. The summed E-state index contributed by atoms with van der Waals surface area (Å²) in [5, 5.41) is 14.6. The van der Waals surface area contributed by atoms with Crippen molar-refractivity contribution in [1.82, 2.24) is 5.32 Å². The summed E-state index contributed by atoms with van der Waals surface area (Å²) in [4.78, 5) is 25.5. The van der Waals surface area contributed by atoms with E-state index in [0.29, 0.717) is 6.42 Å². The summed E-state index contributed by atoms with van der Waals surface area (Å²) in [5.41, 5.74) is 1.25. The molecule has 6 nitrogen and oxygen atoms in total. The quantitative estimate of drug-likeness (QED) is 0.730. The van der Waals surface area contributed by atoms with Crippen LogP contribution in [0.2, 0.25) is 0 Å². The van der Waals surface area contributed by atoms with Crippen molar-refractivity contribution in [3.63, 3.8) is 0 Å². The van der Waals surface area contributed by atoms with Crippen LogP contribution in [0.4, 0.5) is 16.2 Å². The van der Waals surface area contributed by atoms with E-state index in [1.165, 1.54) is 25.7 Å². The first-order chi connectivity index (χ1) is 11.9. The maximum atomic E-state index is 12.4. The Balaban J connectivity index is 2.01. The van der Waals surface area contributed by atoms with Crippen LogP contribution in [-0.4, -0.2) is 35.7 Å². The molecule has 0 aromatic heterocycles. The normalized spacial score (nSPS) is 15.4. The molecule has 0 saturated carbocycles. The van der Waals surface area contributed by atoms with Gasteiger partial charge in [0, 0.05) is 25.0 Å². The molecule has 0 unspecified atom stereocenters. The van der Waals surface area contributed by atoms with E-state index in [1.807, 2.05) is 38.1 Å². The highest BCUT2D eigenvalue weighted by molar-refractivity contribution is 5.93. The molecule has 1 fully saturated rings. The Morgan fingerprint density at radius 3 is 2.40 bits per heavy atom. The topological polar surface area (TPSA) is 81.7 Å². The summed E-state index contributed by atoms with van der Waals surface area (Å²) in [6, 6.07) is 7.53. The van der Waals surface area contributed by atoms with Crippen LogP contribution in [0, 0.1) is 0 Å². The molecule has 1 aromatic carbocycles. The molecule has 25 heavy (non-hydrogen) atoms. The number of anilines is 2. The summed E-state index contributed by atoms with van der Waals surface area (Å²) in [7, 11) is 0. The monoisotopic (exact) mass is 347 g/mol. The maximum absolute atomic E-state index is 12.4. The third-order valence-electron chi connectivity index (χ3n) is 4.51. The highest BCUT2D eigenvalue weighted by Crippen LogP contribution is 2.28. The number of aliphatic carboxylic acids is 1. The predicted molar refractivity (Wildman–Crippen MR) is 100 cm³/mol. The molecule has 3 N–H and O–H groups in total. The Morgan fingerprint density at radius 2 is 1.76 bits per heavy atom. The summed E-state index contributed by atoms with van der Waals surface area (Å²) in [6.07, 6.45) is 5.25. The molecule has 0 bridgehead atoms. The fraction of sp³-hybridized carbons (Fsp3) is 0.579. The van der Waals surface area contributed by atoms with Crippen LogP contribution < -0.4 is 15.5 Å². The number of carboxylic acids is 1. The number of carboxylic acid groups (broad SMARTS) is 1. The molecule has 0 spiro atoms. The predicted octanol–water partition coefficient (Wildman–Crippen LogP) is 3.83. The summed E-state index contributed by atoms with van der Waals surface area (Å²) in [6.45, 7) is 5.67. The van der Waals surface area contributed by atoms with Crippen molar-refractivity contribution in [1.29, 1.82) is 0 Å². The first-order valence-electron chi connectivity index (χ1n) is 9.02. The molecule has 6 heteroatoms. The molecule has 2 rings (SSSR count). The number of nitrogens with one attached hydrogen (secondary N) is 2. The SMILES string of the molecule is CC(C)(CCC(=O)O)NC(=O)Nc1ccccc1N1CCCCCC1. The number of carbonyl (C=O) groups is 2. The van der Waals surface area contributed by atoms with Gasteiger partial charge in [0.05, 0.1) is 11.4 Å². The molecule has 1 aliphatic heterocycles. The van der Waals surface area contributed by atoms with Crippen molar-refractivity contribution in [2.45, 2.75) is 57.9 Å². The molecule has 1 saturated heterocycles. The minimum atomic E-state index is -0.859. The van der Waals surface area contributed by atoms with Crippen LogP contribution in [0.15, 0.2) is 24.3 Å². The van der Waals surface area contributed by atoms with Crippen LogP contribution in [0.25, 0.3) is 0 Å². The third-order valence-corrected chi connectivity index (χ3v) is 4.51. The zero-order valence-corrected chi connectivity index (χ0v) is 15.2. The van der Waals surface area contributed by atoms with Crippen molar-refractivity contribution in [2.75, 3.05) is 23.3 Å². The highest BCUT2D eigenvalue weighted by atomic mass is 16.4. The molecule has 2 amide bonds. The van der Waals surface area contributed by atoms with Crippen molar-refractivity contribution >= 4 is 23.4 Å². The molecule has 0 aliphatic carbocycles. The number of carbonyl (C=O) groups excluding carboxylic acids is 1. The van der Waals surface area contributed by atoms with Gasteiger partial charge in [-0.3, -0.25) is 4.79 Å². The average molecular weight is 347 g/mol. The van der Waals surface area contributed by atoms with Crippen LogP contribution >= 0.6 is 0 Å². The third kappa shape index (κ3) is 6.29. The molecule has 0 radical (unpaired) electrons. The van der Waals surface area contributed by atoms with Crippen LogP contribution in [0.1, 0.15) is 52.4 Å². The number of hydrogen-bond acceptors (Lipinski definition) is 3. The number of urea groups is 1. The second-order valence-electron chi connectivity index (χ2n) is 7.28. The standard InChI is InChI=1S/C19H29N3O3/c1-19(2,12-11-17(23)24)21-18(25)20-15-9-5-6-10-16(15)22-13-7-3-4-8-14-22/h5-6,9-10H,3-4,7-8,11-14H2,1-2H3,(H,23,24)(H2,20,21,25). The Kier molecular flexibility index (Phi) is 6.67. The van der Waals surface area contributed by atoms with Gasteiger partial charge >= 0.3 is 12.0 Å². The Morgan fingerprint density at radius 1 is 1.12 bits per heavy atom. The van der Waals surface area contributed by atoms with E-state index >= 15 is 0 Å². The lowest BCUT2D eigenvalue weighted by Crippen LogP contribution is -2.46. The molecular weight excluding hydrogens is 318 g/mol. The average Bonchev–Trinajstić information content (AvgIpc) is 2.82. The lowest BCUT2D eigenvalue weighted by Gasteiger charge is -2.28. The lowest BCUT2D eigenvalue weighted by molar-refractivity contribution is -0.137. The van der Waals surface area contributed by atoms with Gasteiger partial charge in [-0.05, 0) is 45.2 Å². The molecule has 1 aliphatic rings. The molecule has 1 heterocycles. The van der Waals surface area contributed by atoms with Gasteiger partial charge in [-0.2, -0.15) is 0 Å². The van der Waals surface area contributed by atoms with E-state index in [1.54, 1.807) is 0 Å². The fourth-order valence-electron chi connectivity index (χ4n) is 3.11. The maximum Gasteiger partial charge on any atom is 0.319 e. The number of rotatable bonds is 6. The van der Waals surface area contributed by atoms with Crippen molar-refractivity contribution < 1.29 is 14.7 Å². The lowest BCUT2D eigenvalue weighted by atomic mass is 9.99. The van der Waals surface area contributed by atoms with Gasteiger partial charge in [-0.25, -0.2) is 4.79 Å².